The van der Waals surface area contributed by atoms with Crippen LogP contribution in [0.25, 0.3) is 11.0 Å². The van der Waals surface area contributed by atoms with E-state index in [9.17, 15) is 4.79 Å². The van der Waals surface area contributed by atoms with Gasteiger partial charge in [-0.05, 0) is 43.3 Å². The molecule has 0 fully saturated rings. The number of carbonyl (C=O) groups is 1. The second-order valence-corrected chi connectivity index (χ2v) is 5.49. The number of furan rings is 1. The van der Waals surface area contributed by atoms with Crippen LogP contribution in [0.3, 0.4) is 0 Å². The van der Waals surface area contributed by atoms with Gasteiger partial charge in [0.15, 0.2) is 0 Å². The van der Waals surface area contributed by atoms with Crippen molar-refractivity contribution in [3.63, 3.8) is 0 Å². The highest BCUT2D eigenvalue weighted by molar-refractivity contribution is 5.96. The van der Waals surface area contributed by atoms with Crippen LogP contribution in [-0.2, 0) is 4.79 Å². The highest BCUT2D eigenvalue weighted by Gasteiger charge is 2.19. The van der Waals surface area contributed by atoms with Gasteiger partial charge in [0.05, 0.1) is 12.5 Å². The van der Waals surface area contributed by atoms with Gasteiger partial charge in [0.1, 0.15) is 23.7 Å². The molecule has 1 atom stereocenters. The number of aliphatic hydroxyl groups is 1. The number of rotatable bonds is 6. The Morgan fingerprint density at radius 1 is 1.21 bits per heavy atom. The van der Waals surface area contributed by atoms with Gasteiger partial charge in [-0.1, -0.05) is 18.2 Å². The Balaban J connectivity index is 1.67. The molecule has 124 valence electrons. The average Bonchev–Trinajstić information content (AvgIpc) is 3.04. The Kier molecular flexibility index (Phi) is 4.82. The molecule has 0 saturated carbocycles. The van der Waals surface area contributed by atoms with Gasteiger partial charge in [-0.3, -0.25) is 4.79 Å². The normalized spacial score (nSPS) is 12.1. The molecule has 3 aromatic rings. The van der Waals surface area contributed by atoms with Crippen LogP contribution in [0.15, 0.2) is 59.0 Å². The van der Waals surface area contributed by atoms with E-state index in [0.29, 0.717) is 17.2 Å². The van der Waals surface area contributed by atoms with E-state index in [1.807, 2.05) is 37.3 Å². The summed E-state index contributed by atoms with van der Waals surface area (Å²) in [7, 11) is 0. The molecule has 1 unspecified atom stereocenters. The summed E-state index contributed by atoms with van der Waals surface area (Å²) in [5.74, 6) is 0.741. The van der Waals surface area contributed by atoms with Crippen molar-refractivity contribution in [3.05, 3.63) is 60.4 Å². The van der Waals surface area contributed by atoms with Crippen molar-refractivity contribution in [1.29, 1.82) is 0 Å². The molecule has 1 aromatic heterocycles. The SMILES string of the molecule is CC(C(=O)Nc1ccc(OCCO)cc1)c1cc2ccccc2o1. The molecule has 5 nitrogen and oxygen atoms in total. The number of carbonyl (C=O) groups excluding carboxylic acids is 1. The minimum Gasteiger partial charge on any atom is -0.491 e. The van der Waals surface area contributed by atoms with Crippen LogP contribution in [0.1, 0.15) is 18.6 Å². The van der Waals surface area contributed by atoms with Gasteiger partial charge < -0.3 is 19.6 Å². The third kappa shape index (κ3) is 3.58. The zero-order valence-electron chi connectivity index (χ0n) is 13.4. The number of ether oxygens (including phenoxy) is 1. The zero-order chi connectivity index (χ0) is 16.9. The number of nitrogens with one attached hydrogen (secondary N) is 1. The molecule has 3 rings (SSSR count). The lowest BCUT2D eigenvalue weighted by atomic mass is 10.1. The number of amides is 1. The maximum absolute atomic E-state index is 12.4. The second-order valence-electron chi connectivity index (χ2n) is 5.49. The molecule has 0 aliphatic carbocycles. The summed E-state index contributed by atoms with van der Waals surface area (Å²) in [4.78, 5) is 12.4. The fraction of sp³-hybridized carbons (Fsp3) is 0.211. The predicted molar refractivity (Wildman–Crippen MR) is 92.3 cm³/mol. The van der Waals surface area contributed by atoms with Crippen LogP contribution in [0.5, 0.6) is 5.75 Å². The first-order valence-corrected chi connectivity index (χ1v) is 7.80. The molecule has 0 aliphatic heterocycles. The minimum absolute atomic E-state index is 0.0342. The summed E-state index contributed by atoms with van der Waals surface area (Å²) >= 11 is 0. The van der Waals surface area contributed by atoms with Crippen LogP contribution in [0.2, 0.25) is 0 Å². The van der Waals surface area contributed by atoms with Gasteiger partial charge in [-0.15, -0.1) is 0 Å². The summed E-state index contributed by atoms with van der Waals surface area (Å²) in [5, 5.41) is 12.6. The Hall–Kier alpha value is -2.79. The number of hydrogen-bond donors (Lipinski definition) is 2. The number of aliphatic hydroxyl groups excluding tert-OH is 1. The van der Waals surface area contributed by atoms with E-state index < -0.39 is 5.92 Å². The Bertz CT molecular complexity index is 790. The van der Waals surface area contributed by atoms with Crippen LogP contribution in [0.4, 0.5) is 5.69 Å². The summed E-state index contributed by atoms with van der Waals surface area (Å²) < 4.78 is 11.0. The molecule has 0 spiro atoms. The Morgan fingerprint density at radius 2 is 1.96 bits per heavy atom. The van der Waals surface area contributed by atoms with Crippen LogP contribution in [0, 0.1) is 0 Å². The highest BCUT2D eigenvalue weighted by atomic mass is 16.5. The van der Waals surface area contributed by atoms with Gasteiger partial charge in [0, 0.05) is 11.1 Å². The van der Waals surface area contributed by atoms with Crippen LogP contribution in [-0.4, -0.2) is 24.2 Å². The summed E-state index contributed by atoms with van der Waals surface area (Å²) in [6.45, 7) is 2.02. The van der Waals surface area contributed by atoms with Crippen LogP contribution < -0.4 is 10.1 Å². The quantitative estimate of drug-likeness (QED) is 0.727. The molecule has 2 aromatic carbocycles. The van der Waals surface area contributed by atoms with E-state index in [4.69, 9.17) is 14.3 Å². The first-order valence-electron chi connectivity index (χ1n) is 7.80. The lowest BCUT2D eigenvalue weighted by Crippen LogP contribution is -2.18. The van der Waals surface area contributed by atoms with Gasteiger partial charge >= 0.3 is 0 Å². The largest absolute Gasteiger partial charge is 0.491 e. The number of fused-ring (bicyclic) bond motifs is 1. The maximum Gasteiger partial charge on any atom is 0.234 e. The van der Waals surface area contributed by atoms with Crippen LogP contribution >= 0.6 is 0 Å². The zero-order valence-corrected chi connectivity index (χ0v) is 13.4. The van der Waals surface area contributed by atoms with Crippen molar-refractivity contribution in [2.45, 2.75) is 12.8 Å². The molecule has 0 radical (unpaired) electrons. The molecule has 1 heterocycles. The van der Waals surface area contributed by atoms with Crippen molar-refractivity contribution >= 4 is 22.6 Å². The predicted octanol–water partition coefficient (Wildman–Crippen LogP) is 3.55. The molecular weight excluding hydrogens is 306 g/mol. The van der Waals surface area contributed by atoms with E-state index in [1.165, 1.54) is 0 Å². The van der Waals surface area contributed by atoms with Crippen molar-refractivity contribution in [2.24, 2.45) is 0 Å². The van der Waals surface area contributed by atoms with E-state index in [0.717, 1.165) is 11.0 Å². The third-order valence-electron chi connectivity index (χ3n) is 3.75. The molecule has 0 bridgehead atoms. The van der Waals surface area contributed by atoms with Crippen molar-refractivity contribution in [3.8, 4) is 5.75 Å². The van der Waals surface area contributed by atoms with Gasteiger partial charge in [-0.2, -0.15) is 0 Å². The summed E-state index contributed by atoms with van der Waals surface area (Å²) in [6, 6.07) is 16.6. The molecular formula is C19H19NO4. The van der Waals surface area contributed by atoms with E-state index >= 15 is 0 Å². The number of para-hydroxylation sites is 1. The minimum atomic E-state index is -0.400. The lowest BCUT2D eigenvalue weighted by molar-refractivity contribution is -0.117. The van der Waals surface area contributed by atoms with Gasteiger partial charge in [0.25, 0.3) is 0 Å². The average molecular weight is 325 g/mol. The summed E-state index contributed by atoms with van der Waals surface area (Å²) in [6.07, 6.45) is 0. The number of anilines is 1. The Morgan fingerprint density at radius 3 is 2.67 bits per heavy atom. The Labute approximate surface area is 139 Å². The fourth-order valence-electron chi connectivity index (χ4n) is 2.39. The molecule has 0 saturated heterocycles. The lowest BCUT2D eigenvalue weighted by Gasteiger charge is -2.11. The maximum atomic E-state index is 12.4. The standard InChI is InChI=1S/C19H19NO4/c1-13(18-12-14-4-2-3-5-17(14)24-18)19(22)20-15-6-8-16(9-7-15)23-11-10-21/h2-9,12-13,21H,10-11H2,1H3,(H,20,22). The fourth-order valence-corrected chi connectivity index (χ4v) is 2.39. The van der Waals surface area contributed by atoms with Gasteiger partial charge in [-0.25, -0.2) is 0 Å². The number of benzene rings is 2. The molecule has 2 N–H and O–H groups in total. The first-order chi connectivity index (χ1) is 11.7. The van der Waals surface area contributed by atoms with E-state index in [-0.39, 0.29) is 19.1 Å². The molecule has 1 amide bonds. The topological polar surface area (TPSA) is 71.7 Å². The molecule has 5 heteroatoms. The molecule has 0 aliphatic rings. The highest BCUT2D eigenvalue weighted by Crippen LogP contribution is 2.26. The van der Waals surface area contributed by atoms with Crippen molar-refractivity contribution in [2.75, 3.05) is 18.5 Å². The van der Waals surface area contributed by atoms with Crippen molar-refractivity contribution < 1.29 is 19.1 Å². The van der Waals surface area contributed by atoms with E-state index in [2.05, 4.69) is 5.32 Å². The smallest absolute Gasteiger partial charge is 0.234 e. The second kappa shape index (κ2) is 7.19. The monoisotopic (exact) mass is 325 g/mol. The third-order valence-corrected chi connectivity index (χ3v) is 3.75. The van der Waals surface area contributed by atoms with Gasteiger partial charge in [0.2, 0.25) is 5.91 Å². The van der Waals surface area contributed by atoms with Crippen molar-refractivity contribution in [1.82, 2.24) is 0 Å². The first kappa shape index (κ1) is 16.1. The van der Waals surface area contributed by atoms with E-state index in [1.54, 1.807) is 24.3 Å². The molecule has 24 heavy (non-hydrogen) atoms. The number of hydrogen-bond acceptors (Lipinski definition) is 4. The summed E-state index contributed by atoms with van der Waals surface area (Å²) in [5.41, 5.74) is 1.46.